The highest BCUT2D eigenvalue weighted by Crippen LogP contribution is 2.24. The third-order valence-corrected chi connectivity index (χ3v) is 3.23. The molecule has 0 spiro atoms. The fourth-order valence-electron chi connectivity index (χ4n) is 2.38. The number of rotatable bonds is 2. The average Bonchev–Trinajstić information content (AvgIpc) is 2.32. The molecule has 1 aliphatic heterocycles. The van der Waals surface area contributed by atoms with Crippen molar-refractivity contribution >= 4 is 11.7 Å². The van der Waals surface area contributed by atoms with Crippen molar-refractivity contribution in [1.82, 2.24) is 0 Å². The van der Waals surface area contributed by atoms with Crippen LogP contribution in [0.1, 0.15) is 37.0 Å². The fraction of sp³-hybridized carbons (Fsp3) is 0.500. The molecule has 1 heterocycles. The molecule has 0 aromatic heterocycles. The summed E-state index contributed by atoms with van der Waals surface area (Å²) in [6, 6.07) is 1.54. The summed E-state index contributed by atoms with van der Waals surface area (Å²) in [7, 11) is 0. The molecule has 6 heteroatoms. The minimum absolute atomic E-state index is 0.0281. The number of hydrogen-bond donors (Lipinski definition) is 1. The van der Waals surface area contributed by atoms with Gasteiger partial charge in [0.05, 0.1) is 23.5 Å². The zero-order chi connectivity index (χ0) is 14.9. The van der Waals surface area contributed by atoms with Crippen LogP contribution in [0.4, 0.5) is 14.5 Å². The average molecular weight is 285 g/mol. The highest BCUT2D eigenvalue weighted by molar-refractivity contribution is 5.90. The van der Waals surface area contributed by atoms with Gasteiger partial charge in [0, 0.05) is 18.9 Å². The van der Waals surface area contributed by atoms with Gasteiger partial charge in [-0.25, -0.2) is 13.6 Å². The second kappa shape index (κ2) is 5.75. The molecule has 1 aromatic carbocycles. The Morgan fingerprint density at radius 1 is 1.25 bits per heavy atom. The number of nitrogen functional groups attached to an aromatic ring is 1. The van der Waals surface area contributed by atoms with Crippen LogP contribution < -0.4 is 5.73 Å². The van der Waals surface area contributed by atoms with Gasteiger partial charge in [-0.1, -0.05) is 0 Å². The van der Waals surface area contributed by atoms with Crippen LogP contribution in [-0.2, 0) is 9.47 Å². The second-order valence-corrected chi connectivity index (χ2v) is 5.11. The number of nitrogens with two attached hydrogens (primary N) is 1. The van der Waals surface area contributed by atoms with Crippen LogP contribution in [0, 0.1) is 11.6 Å². The Labute approximate surface area is 115 Å². The van der Waals surface area contributed by atoms with E-state index in [9.17, 15) is 13.6 Å². The Bertz CT molecular complexity index is 511. The van der Waals surface area contributed by atoms with Crippen LogP contribution in [0.25, 0.3) is 0 Å². The molecule has 1 saturated heterocycles. The molecule has 110 valence electrons. The normalized spacial score (nSPS) is 26.3. The van der Waals surface area contributed by atoms with Gasteiger partial charge in [-0.3, -0.25) is 0 Å². The third kappa shape index (κ3) is 3.25. The maximum absolute atomic E-state index is 13.6. The summed E-state index contributed by atoms with van der Waals surface area (Å²) < 4.78 is 37.4. The first-order valence-electron chi connectivity index (χ1n) is 6.47. The van der Waals surface area contributed by atoms with Crippen molar-refractivity contribution in [3.05, 3.63) is 29.3 Å². The highest BCUT2D eigenvalue weighted by atomic mass is 19.1. The van der Waals surface area contributed by atoms with Crippen molar-refractivity contribution in [2.45, 2.75) is 45.0 Å². The second-order valence-electron chi connectivity index (χ2n) is 5.11. The van der Waals surface area contributed by atoms with Crippen LogP contribution in [-0.4, -0.2) is 24.3 Å². The van der Waals surface area contributed by atoms with Crippen molar-refractivity contribution in [3.8, 4) is 0 Å². The van der Waals surface area contributed by atoms with Crippen LogP contribution in [0.3, 0.4) is 0 Å². The minimum Gasteiger partial charge on any atom is -0.458 e. The molecule has 1 aliphatic rings. The Morgan fingerprint density at radius 3 is 2.45 bits per heavy atom. The molecule has 4 nitrogen and oxygen atoms in total. The lowest BCUT2D eigenvalue weighted by atomic mass is 10.0. The molecular formula is C14H17F2NO3. The summed E-state index contributed by atoms with van der Waals surface area (Å²) in [5, 5.41) is 0. The minimum atomic E-state index is -0.977. The van der Waals surface area contributed by atoms with Gasteiger partial charge in [-0.2, -0.15) is 0 Å². The van der Waals surface area contributed by atoms with E-state index >= 15 is 0 Å². The quantitative estimate of drug-likeness (QED) is 0.670. The predicted molar refractivity (Wildman–Crippen MR) is 69.2 cm³/mol. The Hall–Kier alpha value is -1.69. The predicted octanol–water partition coefficient (Wildman–Crippen LogP) is 2.66. The molecule has 0 radical (unpaired) electrons. The number of carbonyl (C=O) groups excluding carboxylic acids is 1. The summed E-state index contributed by atoms with van der Waals surface area (Å²) in [4.78, 5) is 11.9. The lowest BCUT2D eigenvalue weighted by Gasteiger charge is -2.31. The van der Waals surface area contributed by atoms with Gasteiger partial charge in [0.2, 0.25) is 0 Å². The molecule has 2 unspecified atom stereocenters. The van der Waals surface area contributed by atoms with E-state index in [1.165, 1.54) is 0 Å². The summed E-state index contributed by atoms with van der Waals surface area (Å²) >= 11 is 0. The number of halogens is 2. The van der Waals surface area contributed by atoms with Crippen LogP contribution >= 0.6 is 0 Å². The SMILES string of the molecule is CC1CC(OC(=O)c2cc(N)c(F)cc2F)CC(C)O1. The summed E-state index contributed by atoms with van der Waals surface area (Å²) in [6.45, 7) is 3.76. The van der Waals surface area contributed by atoms with Crippen molar-refractivity contribution in [2.75, 3.05) is 5.73 Å². The van der Waals surface area contributed by atoms with E-state index < -0.39 is 17.6 Å². The highest BCUT2D eigenvalue weighted by Gasteiger charge is 2.28. The Morgan fingerprint density at radius 2 is 1.85 bits per heavy atom. The van der Waals surface area contributed by atoms with Gasteiger partial charge < -0.3 is 15.2 Å². The number of hydrogen-bond acceptors (Lipinski definition) is 4. The van der Waals surface area contributed by atoms with Crippen molar-refractivity contribution in [1.29, 1.82) is 0 Å². The Kier molecular flexibility index (Phi) is 4.23. The molecule has 0 bridgehead atoms. The molecule has 1 fully saturated rings. The maximum atomic E-state index is 13.6. The first-order valence-corrected chi connectivity index (χ1v) is 6.47. The van der Waals surface area contributed by atoms with Gasteiger partial charge in [0.15, 0.2) is 0 Å². The van der Waals surface area contributed by atoms with Gasteiger partial charge in [-0.15, -0.1) is 0 Å². The monoisotopic (exact) mass is 285 g/mol. The molecule has 2 rings (SSSR count). The van der Waals surface area contributed by atoms with Crippen LogP contribution in [0.2, 0.25) is 0 Å². The molecule has 0 aliphatic carbocycles. The number of anilines is 1. The van der Waals surface area contributed by atoms with E-state index in [-0.39, 0.29) is 29.6 Å². The standard InChI is InChI=1S/C14H17F2NO3/c1-7-3-9(4-8(2)19-7)20-14(18)10-5-13(17)12(16)6-11(10)15/h5-9H,3-4,17H2,1-2H3. The summed E-state index contributed by atoms with van der Waals surface area (Å²) in [5.74, 6) is -2.71. The van der Waals surface area contributed by atoms with Gasteiger partial charge in [0.1, 0.15) is 17.7 Å². The number of esters is 1. The lowest BCUT2D eigenvalue weighted by molar-refractivity contribution is -0.0856. The topological polar surface area (TPSA) is 61.5 Å². The summed E-state index contributed by atoms with van der Waals surface area (Å²) in [5.41, 5.74) is 4.70. The molecule has 20 heavy (non-hydrogen) atoms. The smallest absolute Gasteiger partial charge is 0.341 e. The summed E-state index contributed by atoms with van der Waals surface area (Å²) in [6.07, 6.45) is 0.703. The van der Waals surface area contributed by atoms with Gasteiger partial charge >= 0.3 is 5.97 Å². The number of benzene rings is 1. The first-order chi connectivity index (χ1) is 9.36. The van der Waals surface area contributed by atoms with Crippen LogP contribution in [0.5, 0.6) is 0 Å². The Balaban J connectivity index is 2.10. The molecular weight excluding hydrogens is 268 g/mol. The maximum Gasteiger partial charge on any atom is 0.341 e. The van der Waals surface area contributed by atoms with E-state index in [1.54, 1.807) is 0 Å². The first kappa shape index (κ1) is 14.7. The molecule has 1 aromatic rings. The van der Waals surface area contributed by atoms with E-state index in [4.69, 9.17) is 15.2 Å². The van der Waals surface area contributed by atoms with Gasteiger partial charge in [0.25, 0.3) is 0 Å². The largest absolute Gasteiger partial charge is 0.458 e. The van der Waals surface area contributed by atoms with Crippen LogP contribution in [0.15, 0.2) is 12.1 Å². The van der Waals surface area contributed by atoms with E-state index in [2.05, 4.69) is 0 Å². The number of ether oxygens (including phenoxy) is 2. The zero-order valence-corrected chi connectivity index (χ0v) is 11.4. The molecule has 0 amide bonds. The third-order valence-electron chi connectivity index (χ3n) is 3.23. The lowest BCUT2D eigenvalue weighted by Crippen LogP contribution is -2.35. The van der Waals surface area contributed by atoms with Crippen molar-refractivity contribution < 1.29 is 23.0 Å². The molecule has 0 saturated carbocycles. The van der Waals surface area contributed by atoms with E-state index in [1.807, 2.05) is 13.8 Å². The van der Waals surface area contributed by atoms with E-state index in [0.717, 1.165) is 6.07 Å². The fourth-order valence-corrected chi connectivity index (χ4v) is 2.38. The number of carbonyl (C=O) groups is 1. The zero-order valence-electron chi connectivity index (χ0n) is 11.4. The van der Waals surface area contributed by atoms with Crippen molar-refractivity contribution in [3.63, 3.8) is 0 Å². The van der Waals surface area contributed by atoms with E-state index in [0.29, 0.717) is 18.9 Å². The molecule has 2 N–H and O–H groups in total. The van der Waals surface area contributed by atoms with Gasteiger partial charge in [-0.05, 0) is 19.9 Å². The molecule has 2 atom stereocenters. The van der Waals surface area contributed by atoms with Crippen molar-refractivity contribution in [2.24, 2.45) is 0 Å².